The number of aryl methyl sites for hydroxylation is 1. The van der Waals surface area contributed by atoms with E-state index in [1.54, 1.807) is 25.3 Å². The molecule has 1 aromatic carbocycles. The molecule has 21 heavy (non-hydrogen) atoms. The highest BCUT2D eigenvalue weighted by molar-refractivity contribution is 7.89. The number of ether oxygens (including phenoxy) is 1. The molecule has 0 saturated carbocycles. The summed E-state index contributed by atoms with van der Waals surface area (Å²) in [5.41, 5.74) is 6.56. The maximum Gasteiger partial charge on any atom is 0.244 e. The molecule has 3 N–H and O–H groups in total. The third kappa shape index (κ3) is 3.67. The summed E-state index contributed by atoms with van der Waals surface area (Å²) in [5, 5.41) is 0. The molecule has 0 aliphatic rings. The van der Waals surface area contributed by atoms with Crippen LogP contribution in [0.2, 0.25) is 0 Å². The smallest absolute Gasteiger partial charge is 0.244 e. The second kappa shape index (κ2) is 6.06. The minimum Gasteiger partial charge on any atom is -0.495 e. The molecule has 112 valence electrons. The van der Waals surface area contributed by atoms with Gasteiger partial charge in [0.15, 0.2) is 0 Å². The minimum absolute atomic E-state index is 0.00391. The highest BCUT2D eigenvalue weighted by atomic mass is 32.2. The summed E-state index contributed by atoms with van der Waals surface area (Å²) in [4.78, 5) is 8.09. The fourth-order valence-corrected chi connectivity index (χ4v) is 2.95. The van der Waals surface area contributed by atoms with E-state index in [0.29, 0.717) is 17.2 Å². The van der Waals surface area contributed by atoms with Gasteiger partial charge < -0.3 is 10.5 Å². The van der Waals surface area contributed by atoms with E-state index in [-0.39, 0.29) is 17.2 Å². The van der Waals surface area contributed by atoms with Gasteiger partial charge in [-0.1, -0.05) is 0 Å². The van der Waals surface area contributed by atoms with E-state index in [9.17, 15) is 8.42 Å². The number of nitrogens with two attached hydrogens (primary N) is 1. The van der Waals surface area contributed by atoms with E-state index in [1.165, 1.54) is 19.2 Å². The molecule has 0 saturated heterocycles. The van der Waals surface area contributed by atoms with Gasteiger partial charge >= 0.3 is 0 Å². The van der Waals surface area contributed by atoms with Crippen LogP contribution in [0.15, 0.2) is 35.4 Å². The molecule has 0 spiro atoms. The van der Waals surface area contributed by atoms with Gasteiger partial charge in [-0.3, -0.25) is 0 Å². The second-order valence-electron chi connectivity index (χ2n) is 4.33. The predicted octanol–water partition coefficient (Wildman–Crippen LogP) is 0.854. The third-order valence-electron chi connectivity index (χ3n) is 2.75. The number of sulfonamides is 1. The Balaban J connectivity index is 2.24. The summed E-state index contributed by atoms with van der Waals surface area (Å²) in [6, 6.07) is 6.09. The van der Waals surface area contributed by atoms with Gasteiger partial charge in [0.25, 0.3) is 0 Å². The third-order valence-corrected chi connectivity index (χ3v) is 4.18. The van der Waals surface area contributed by atoms with E-state index < -0.39 is 10.0 Å². The molecule has 0 radical (unpaired) electrons. The van der Waals surface area contributed by atoms with Gasteiger partial charge in [0.05, 0.1) is 19.3 Å². The van der Waals surface area contributed by atoms with Crippen molar-refractivity contribution in [1.29, 1.82) is 0 Å². The van der Waals surface area contributed by atoms with Gasteiger partial charge in [-0.25, -0.2) is 23.1 Å². The Morgan fingerprint density at radius 3 is 2.76 bits per heavy atom. The molecule has 0 bridgehead atoms. The molecule has 0 amide bonds. The summed E-state index contributed by atoms with van der Waals surface area (Å²) >= 11 is 0. The van der Waals surface area contributed by atoms with E-state index in [0.717, 1.165) is 0 Å². The molecule has 0 aliphatic carbocycles. The predicted molar refractivity (Wildman–Crippen MR) is 78.2 cm³/mol. The molecule has 0 atom stereocenters. The van der Waals surface area contributed by atoms with Crippen molar-refractivity contribution in [3.8, 4) is 5.75 Å². The molecule has 2 rings (SSSR count). The van der Waals surface area contributed by atoms with Crippen molar-refractivity contribution in [1.82, 2.24) is 14.7 Å². The molecule has 1 aromatic heterocycles. The summed E-state index contributed by atoms with van der Waals surface area (Å²) in [6.07, 6.45) is 1.58. The summed E-state index contributed by atoms with van der Waals surface area (Å²) in [5.74, 6) is 0.809. The van der Waals surface area contributed by atoms with E-state index in [2.05, 4.69) is 14.7 Å². The topological polar surface area (TPSA) is 107 Å². The first-order chi connectivity index (χ1) is 9.92. The first kappa shape index (κ1) is 15.2. The highest BCUT2D eigenvalue weighted by Gasteiger charge is 2.19. The molecule has 8 heteroatoms. The fraction of sp³-hybridized carbons (Fsp3) is 0.231. The molecule has 1 heterocycles. The molecular weight excluding hydrogens is 292 g/mol. The maximum atomic E-state index is 12.3. The first-order valence-corrected chi connectivity index (χ1v) is 7.62. The number of nitrogens with zero attached hydrogens (tertiary/aromatic N) is 2. The highest BCUT2D eigenvalue weighted by Crippen LogP contribution is 2.25. The SMILES string of the molecule is COc1ccc(N)cc1S(=O)(=O)NCc1ccnc(C)n1. The van der Waals surface area contributed by atoms with Crippen LogP contribution in [0, 0.1) is 6.92 Å². The lowest BCUT2D eigenvalue weighted by Gasteiger charge is -2.11. The minimum atomic E-state index is -3.75. The zero-order valence-electron chi connectivity index (χ0n) is 11.7. The fourth-order valence-electron chi connectivity index (χ4n) is 1.75. The van der Waals surface area contributed by atoms with Crippen LogP contribution in [-0.2, 0) is 16.6 Å². The summed E-state index contributed by atoms with van der Waals surface area (Å²) in [6.45, 7) is 1.79. The molecular formula is C13H16N4O3S. The number of rotatable bonds is 5. The molecule has 0 unspecified atom stereocenters. The lowest BCUT2D eigenvalue weighted by molar-refractivity contribution is 0.402. The van der Waals surface area contributed by atoms with Gasteiger partial charge in [-0.2, -0.15) is 0 Å². The van der Waals surface area contributed by atoms with Crippen molar-refractivity contribution in [2.24, 2.45) is 0 Å². The number of anilines is 1. The van der Waals surface area contributed by atoms with Crippen LogP contribution in [0.4, 0.5) is 5.69 Å². The summed E-state index contributed by atoms with van der Waals surface area (Å²) < 4.78 is 32.2. The molecule has 2 aromatic rings. The van der Waals surface area contributed by atoms with Gasteiger partial charge in [0.1, 0.15) is 16.5 Å². The zero-order chi connectivity index (χ0) is 15.5. The number of hydrogen-bond donors (Lipinski definition) is 2. The maximum absolute atomic E-state index is 12.3. The van der Waals surface area contributed by atoms with Crippen LogP contribution in [0.5, 0.6) is 5.75 Å². The van der Waals surface area contributed by atoms with E-state index >= 15 is 0 Å². The number of nitrogen functional groups attached to an aromatic ring is 1. The van der Waals surface area contributed by atoms with Gasteiger partial charge in [-0.05, 0) is 31.2 Å². The Hall–Kier alpha value is -2.19. The normalized spacial score (nSPS) is 11.3. The Morgan fingerprint density at radius 2 is 2.10 bits per heavy atom. The number of hydrogen-bond acceptors (Lipinski definition) is 6. The van der Waals surface area contributed by atoms with Gasteiger partial charge in [-0.15, -0.1) is 0 Å². The molecule has 0 aliphatic heterocycles. The number of nitrogens with one attached hydrogen (secondary N) is 1. The van der Waals surface area contributed by atoms with Crippen LogP contribution < -0.4 is 15.2 Å². The average molecular weight is 308 g/mol. The van der Waals surface area contributed by atoms with Crippen LogP contribution in [-0.4, -0.2) is 25.5 Å². The van der Waals surface area contributed by atoms with Crippen LogP contribution >= 0.6 is 0 Å². The van der Waals surface area contributed by atoms with E-state index in [4.69, 9.17) is 10.5 Å². The number of methoxy groups -OCH3 is 1. The Kier molecular flexibility index (Phi) is 4.39. The lowest BCUT2D eigenvalue weighted by Crippen LogP contribution is -2.24. The second-order valence-corrected chi connectivity index (χ2v) is 6.07. The van der Waals surface area contributed by atoms with Gasteiger partial charge in [0.2, 0.25) is 10.0 Å². The van der Waals surface area contributed by atoms with Crippen molar-refractivity contribution in [2.75, 3.05) is 12.8 Å². The number of aromatic nitrogens is 2. The Morgan fingerprint density at radius 1 is 1.33 bits per heavy atom. The van der Waals surface area contributed by atoms with Crippen molar-refractivity contribution in [3.63, 3.8) is 0 Å². The summed E-state index contributed by atoms with van der Waals surface area (Å²) in [7, 11) is -2.35. The van der Waals surface area contributed by atoms with Crippen LogP contribution in [0.3, 0.4) is 0 Å². The van der Waals surface area contributed by atoms with Gasteiger partial charge in [0, 0.05) is 11.9 Å². The first-order valence-electron chi connectivity index (χ1n) is 6.14. The number of benzene rings is 1. The quantitative estimate of drug-likeness (QED) is 0.793. The zero-order valence-corrected chi connectivity index (χ0v) is 12.5. The van der Waals surface area contributed by atoms with Crippen LogP contribution in [0.1, 0.15) is 11.5 Å². The van der Waals surface area contributed by atoms with Crippen LogP contribution in [0.25, 0.3) is 0 Å². The van der Waals surface area contributed by atoms with Crippen molar-refractivity contribution in [2.45, 2.75) is 18.4 Å². The van der Waals surface area contributed by atoms with Crippen molar-refractivity contribution in [3.05, 3.63) is 42.0 Å². The lowest BCUT2D eigenvalue weighted by atomic mass is 10.3. The molecule has 7 nitrogen and oxygen atoms in total. The Labute approximate surface area is 123 Å². The Bertz CT molecular complexity index is 747. The van der Waals surface area contributed by atoms with Crippen molar-refractivity contribution >= 4 is 15.7 Å². The van der Waals surface area contributed by atoms with E-state index in [1.807, 2.05) is 0 Å². The standard InChI is InChI=1S/C13H16N4O3S/c1-9-15-6-5-11(17-9)8-16-21(18,19)13-7-10(14)3-4-12(13)20-2/h3-7,16H,8,14H2,1-2H3. The molecule has 0 fully saturated rings. The van der Waals surface area contributed by atoms with Crippen molar-refractivity contribution < 1.29 is 13.2 Å². The largest absolute Gasteiger partial charge is 0.495 e. The monoisotopic (exact) mass is 308 g/mol. The average Bonchev–Trinajstić information content (AvgIpc) is 2.45.